The van der Waals surface area contributed by atoms with Gasteiger partial charge in [0.1, 0.15) is 5.00 Å². The standard InChI is InChI=1S/C22H21N3O3S/c1-12-9-10-16(11-17(12)24-20(27)15-7-5-4-6-8-15)21(28)25-22-18(19(23)26)13(2)14(3)29-22/h4-11H,1-3H3,(H2,23,26)(H,24,27)(H,25,28). The average molecular weight is 407 g/mol. The molecule has 0 bridgehead atoms. The van der Waals surface area contributed by atoms with Crippen molar-refractivity contribution in [1.29, 1.82) is 0 Å². The number of hydrogen-bond acceptors (Lipinski definition) is 4. The summed E-state index contributed by atoms with van der Waals surface area (Å²) in [7, 11) is 0. The molecule has 1 heterocycles. The van der Waals surface area contributed by atoms with Gasteiger partial charge in [-0.25, -0.2) is 0 Å². The highest BCUT2D eigenvalue weighted by molar-refractivity contribution is 7.16. The minimum Gasteiger partial charge on any atom is -0.365 e. The Morgan fingerprint density at radius 3 is 2.17 bits per heavy atom. The van der Waals surface area contributed by atoms with Gasteiger partial charge in [0.2, 0.25) is 0 Å². The number of primary amides is 1. The highest BCUT2D eigenvalue weighted by Gasteiger charge is 2.20. The van der Waals surface area contributed by atoms with Crippen molar-refractivity contribution in [3.63, 3.8) is 0 Å². The largest absolute Gasteiger partial charge is 0.365 e. The molecule has 2 aromatic carbocycles. The molecule has 3 amide bonds. The molecule has 0 saturated heterocycles. The van der Waals surface area contributed by atoms with Gasteiger partial charge in [-0.3, -0.25) is 14.4 Å². The molecule has 3 aromatic rings. The summed E-state index contributed by atoms with van der Waals surface area (Å²) >= 11 is 1.31. The monoisotopic (exact) mass is 407 g/mol. The molecule has 4 N–H and O–H groups in total. The van der Waals surface area contributed by atoms with Crippen LogP contribution >= 0.6 is 11.3 Å². The van der Waals surface area contributed by atoms with Crippen LogP contribution in [0.2, 0.25) is 0 Å². The van der Waals surface area contributed by atoms with Crippen LogP contribution in [0.5, 0.6) is 0 Å². The Balaban J connectivity index is 1.84. The first-order chi connectivity index (χ1) is 13.8. The highest BCUT2D eigenvalue weighted by atomic mass is 32.1. The van der Waals surface area contributed by atoms with Crippen molar-refractivity contribution in [3.05, 3.63) is 81.2 Å². The number of thiophene rings is 1. The fourth-order valence-corrected chi connectivity index (χ4v) is 3.93. The van der Waals surface area contributed by atoms with Gasteiger partial charge in [0, 0.05) is 21.7 Å². The smallest absolute Gasteiger partial charge is 0.256 e. The van der Waals surface area contributed by atoms with Crippen LogP contribution in [0.1, 0.15) is 47.1 Å². The predicted molar refractivity (Wildman–Crippen MR) is 116 cm³/mol. The molecular formula is C22H21N3O3S. The number of carbonyl (C=O) groups is 3. The molecule has 1 aromatic heterocycles. The SMILES string of the molecule is Cc1ccc(C(=O)Nc2sc(C)c(C)c2C(N)=O)cc1NC(=O)c1ccccc1. The Bertz CT molecular complexity index is 1100. The van der Waals surface area contributed by atoms with Gasteiger partial charge in [0.05, 0.1) is 5.56 Å². The number of amides is 3. The van der Waals surface area contributed by atoms with E-state index >= 15 is 0 Å². The summed E-state index contributed by atoms with van der Waals surface area (Å²) in [5.74, 6) is -1.22. The van der Waals surface area contributed by atoms with E-state index in [0.29, 0.717) is 27.4 Å². The maximum Gasteiger partial charge on any atom is 0.256 e. The third-order valence-electron chi connectivity index (χ3n) is 4.64. The number of carbonyl (C=O) groups excluding carboxylic acids is 3. The number of anilines is 2. The lowest BCUT2D eigenvalue weighted by molar-refractivity contribution is 0.0997. The minimum atomic E-state index is -0.582. The molecule has 148 valence electrons. The molecule has 7 heteroatoms. The van der Waals surface area contributed by atoms with Crippen LogP contribution in [0.15, 0.2) is 48.5 Å². The second-order valence-electron chi connectivity index (χ2n) is 6.66. The van der Waals surface area contributed by atoms with Crippen LogP contribution in [0, 0.1) is 20.8 Å². The van der Waals surface area contributed by atoms with Gasteiger partial charge in [-0.1, -0.05) is 24.3 Å². The highest BCUT2D eigenvalue weighted by Crippen LogP contribution is 2.32. The number of benzene rings is 2. The zero-order valence-electron chi connectivity index (χ0n) is 16.3. The lowest BCUT2D eigenvalue weighted by Gasteiger charge is -2.11. The van der Waals surface area contributed by atoms with Crippen molar-refractivity contribution in [2.24, 2.45) is 5.73 Å². The molecule has 0 aliphatic rings. The zero-order chi connectivity index (χ0) is 21.1. The first-order valence-corrected chi connectivity index (χ1v) is 9.77. The predicted octanol–water partition coefficient (Wildman–Crippen LogP) is 4.28. The van der Waals surface area contributed by atoms with Gasteiger partial charge in [0.25, 0.3) is 17.7 Å². The van der Waals surface area contributed by atoms with E-state index in [9.17, 15) is 14.4 Å². The molecule has 0 spiro atoms. The number of hydrogen-bond donors (Lipinski definition) is 3. The topological polar surface area (TPSA) is 101 Å². The number of nitrogens with two attached hydrogens (primary N) is 1. The molecule has 29 heavy (non-hydrogen) atoms. The fraction of sp³-hybridized carbons (Fsp3) is 0.136. The van der Waals surface area contributed by atoms with Crippen LogP contribution in [-0.4, -0.2) is 17.7 Å². The van der Waals surface area contributed by atoms with Gasteiger partial charge in [-0.05, 0) is 56.2 Å². The summed E-state index contributed by atoms with van der Waals surface area (Å²) in [6, 6.07) is 13.9. The molecular weight excluding hydrogens is 386 g/mol. The van der Waals surface area contributed by atoms with Gasteiger partial charge in [-0.15, -0.1) is 11.3 Å². The van der Waals surface area contributed by atoms with Crippen molar-refractivity contribution in [2.45, 2.75) is 20.8 Å². The van der Waals surface area contributed by atoms with Gasteiger partial charge in [-0.2, -0.15) is 0 Å². The molecule has 0 saturated carbocycles. The van der Waals surface area contributed by atoms with E-state index in [4.69, 9.17) is 5.73 Å². The Kier molecular flexibility index (Phi) is 5.79. The molecule has 0 fully saturated rings. The summed E-state index contributed by atoms with van der Waals surface area (Å²) < 4.78 is 0. The second kappa shape index (κ2) is 8.28. The van der Waals surface area contributed by atoms with Crippen LogP contribution in [0.4, 0.5) is 10.7 Å². The van der Waals surface area contributed by atoms with Crippen LogP contribution in [-0.2, 0) is 0 Å². The summed E-state index contributed by atoms with van der Waals surface area (Å²) in [4.78, 5) is 37.9. The quantitative estimate of drug-likeness (QED) is 0.588. The van der Waals surface area contributed by atoms with E-state index < -0.39 is 5.91 Å². The lowest BCUT2D eigenvalue weighted by Crippen LogP contribution is -2.18. The maximum absolute atomic E-state index is 12.8. The molecule has 3 rings (SSSR count). The summed E-state index contributed by atoms with van der Waals surface area (Å²) in [5.41, 5.74) is 8.80. The van der Waals surface area contributed by atoms with E-state index in [2.05, 4.69) is 10.6 Å². The van der Waals surface area contributed by atoms with Crippen molar-refractivity contribution in [3.8, 4) is 0 Å². The van der Waals surface area contributed by atoms with Gasteiger partial charge < -0.3 is 16.4 Å². The Morgan fingerprint density at radius 2 is 1.52 bits per heavy atom. The van der Waals surface area contributed by atoms with Crippen molar-refractivity contribution in [2.75, 3.05) is 10.6 Å². The molecule has 0 radical (unpaired) electrons. The normalized spacial score (nSPS) is 10.4. The van der Waals surface area contributed by atoms with E-state index in [-0.39, 0.29) is 11.8 Å². The molecule has 0 unspecified atom stereocenters. The van der Waals surface area contributed by atoms with E-state index in [1.54, 1.807) is 49.4 Å². The third-order valence-corrected chi connectivity index (χ3v) is 5.77. The number of nitrogens with one attached hydrogen (secondary N) is 2. The van der Waals surface area contributed by atoms with Gasteiger partial charge >= 0.3 is 0 Å². The maximum atomic E-state index is 12.8. The summed E-state index contributed by atoms with van der Waals surface area (Å²) in [5, 5.41) is 6.03. The average Bonchev–Trinajstić information content (AvgIpc) is 2.97. The minimum absolute atomic E-state index is 0.258. The second-order valence-corrected chi connectivity index (χ2v) is 7.88. The molecule has 0 aliphatic heterocycles. The molecule has 0 atom stereocenters. The summed E-state index contributed by atoms with van der Waals surface area (Å²) in [6.45, 7) is 5.51. The van der Waals surface area contributed by atoms with E-state index in [0.717, 1.165) is 16.0 Å². The Morgan fingerprint density at radius 1 is 0.862 bits per heavy atom. The molecule has 0 aliphatic carbocycles. The Labute approximate surface area is 172 Å². The first-order valence-electron chi connectivity index (χ1n) is 8.96. The first kappa shape index (κ1) is 20.3. The van der Waals surface area contributed by atoms with E-state index in [1.165, 1.54) is 11.3 Å². The van der Waals surface area contributed by atoms with Crippen molar-refractivity contribution < 1.29 is 14.4 Å². The zero-order valence-corrected chi connectivity index (χ0v) is 17.1. The molecule has 6 nitrogen and oxygen atoms in total. The number of rotatable bonds is 5. The number of aryl methyl sites for hydroxylation is 2. The van der Waals surface area contributed by atoms with Crippen LogP contribution < -0.4 is 16.4 Å². The summed E-state index contributed by atoms with van der Waals surface area (Å²) in [6.07, 6.45) is 0. The van der Waals surface area contributed by atoms with Crippen molar-refractivity contribution >= 4 is 39.7 Å². The van der Waals surface area contributed by atoms with Gasteiger partial charge in [0.15, 0.2) is 0 Å². The van der Waals surface area contributed by atoms with Crippen molar-refractivity contribution in [1.82, 2.24) is 0 Å². The third kappa shape index (κ3) is 4.35. The Hall–Kier alpha value is -3.45. The van der Waals surface area contributed by atoms with E-state index in [1.807, 2.05) is 19.9 Å². The fourth-order valence-electron chi connectivity index (χ4n) is 2.87. The van der Waals surface area contributed by atoms with Crippen LogP contribution in [0.25, 0.3) is 0 Å². The lowest BCUT2D eigenvalue weighted by atomic mass is 10.1. The van der Waals surface area contributed by atoms with Crippen LogP contribution in [0.3, 0.4) is 0 Å².